The third-order valence-corrected chi connectivity index (χ3v) is 14.0. The van der Waals surface area contributed by atoms with Crippen molar-refractivity contribution in [3.8, 4) is 0 Å². The van der Waals surface area contributed by atoms with Crippen LogP contribution in [0.5, 0.6) is 0 Å². The first-order valence-electron chi connectivity index (χ1n) is 22.8. The van der Waals surface area contributed by atoms with E-state index in [9.17, 15) is 4.79 Å². The summed E-state index contributed by atoms with van der Waals surface area (Å²) in [6, 6.07) is 71.7. The molecule has 1 aliphatic carbocycles. The van der Waals surface area contributed by atoms with Gasteiger partial charge in [0.2, 0.25) is 0 Å². The fraction of sp³-hybridized carbons (Fsp3) is 0.210. The highest BCUT2D eigenvalue weighted by molar-refractivity contribution is 6.14. The fourth-order valence-corrected chi connectivity index (χ4v) is 10.2. The van der Waals surface area contributed by atoms with E-state index in [0.717, 1.165) is 47.9 Å². The predicted octanol–water partition coefficient (Wildman–Crippen LogP) is 14.9. The van der Waals surface area contributed by atoms with Crippen molar-refractivity contribution in [3.05, 3.63) is 283 Å². The highest BCUT2D eigenvalue weighted by atomic mass is 16.1. The van der Waals surface area contributed by atoms with Crippen molar-refractivity contribution in [1.29, 1.82) is 0 Å². The van der Waals surface area contributed by atoms with Crippen molar-refractivity contribution in [2.45, 2.75) is 83.5 Å². The molecule has 63 heavy (non-hydrogen) atoms. The standard InChI is InChI=1S/C62H58O/c1-42-14-22-47(23-15-42)26-33-53(40-48-24-16-43(2)17-25-48)51-34-38-55(39-35-51)62(59-12-8-6-10-56(59)61(63)57-11-7-9-13-60(57)62)54-36-27-49(28-37-54)41-58(52-31-20-45(4)21-32-52)46(5)50-29-18-44(3)19-30-50/h6-25,27-32,34-39,46,53,58H,26,33,40-41H2,1-5H3. The lowest BCUT2D eigenvalue weighted by atomic mass is 9.59. The minimum Gasteiger partial charge on any atom is -0.289 e. The molecule has 0 aliphatic heterocycles. The SMILES string of the molecule is Cc1ccc(CCC(Cc2ccc(C)cc2)c2ccc(C3(c4ccc(CC(c5ccc(C)cc5)C(C)c5ccc(C)cc5)cc4)c4ccccc4C(=O)c4ccccc43)cc2)cc1. The summed E-state index contributed by atoms with van der Waals surface area (Å²) < 4.78 is 0. The second-order valence-electron chi connectivity index (χ2n) is 18.3. The molecule has 1 aliphatic rings. The Morgan fingerprint density at radius 3 is 1.33 bits per heavy atom. The molecule has 0 amide bonds. The predicted molar refractivity (Wildman–Crippen MR) is 263 cm³/mol. The smallest absolute Gasteiger partial charge is 0.193 e. The molecule has 0 N–H and O–H groups in total. The van der Waals surface area contributed by atoms with Crippen LogP contribution >= 0.6 is 0 Å². The Morgan fingerprint density at radius 2 is 0.810 bits per heavy atom. The van der Waals surface area contributed by atoms with Crippen LogP contribution in [-0.4, -0.2) is 5.78 Å². The lowest BCUT2D eigenvalue weighted by molar-refractivity contribution is 0.103. The van der Waals surface area contributed by atoms with Crippen LogP contribution in [0.1, 0.15) is 125 Å². The minimum absolute atomic E-state index is 0.0883. The molecule has 0 bridgehead atoms. The summed E-state index contributed by atoms with van der Waals surface area (Å²) in [4.78, 5) is 14.3. The van der Waals surface area contributed by atoms with Gasteiger partial charge < -0.3 is 0 Å². The molecule has 8 aromatic rings. The maximum atomic E-state index is 14.3. The number of fused-ring (bicyclic) bond motifs is 2. The van der Waals surface area contributed by atoms with E-state index in [1.54, 1.807) is 0 Å². The summed E-state index contributed by atoms with van der Waals surface area (Å²) >= 11 is 0. The number of carbonyl (C=O) groups is 1. The molecule has 0 saturated heterocycles. The van der Waals surface area contributed by atoms with E-state index in [0.29, 0.717) is 17.8 Å². The van der Waals surface area contributed by atoms with E-state index >= 15 is 0 Å². The van der Waals surface area contributed by atoms with Gasteiger partial charge in [-0.15, -0.1) is 0 Å². The van der Waals surface area contributed by atoms with Crippen LogP contribution in [0.4, 0.5) is 0 Å². The second kappa shape index (κ2) is 18.0. The van der Waals surface area contributed by atoms with Crippen molar-refractivity contribution in [3.63, 3.8) is 0 Å². The first-order chi connectivity index (χ1) is 30.7. The Morgan fingerprint density at radius 1 is 0.413 bits per heavy atom. The van der Waals surface area contributed by atoms with Crippen LogP contribution in [0, 0.1) is 27.7 Å². The molecule has 312 valence electrons. The van der Waals surface area contributed by atoms with Gasteiger partial charge in [0.15, 0.2) is 5.78 Å². The van der Waals surface area contributed by atoms with Crippen LogP contribution in [0.3, 0.4) is 0 Å². The zero-order valence-corrected chi connectivity index (χ0v) is 37.4. The van der Waals surface area contributed by atoms with E-state index in [4.69, 9.17) is 0 Å². The van der Waals surface area contributed by atoms with E-state index in [2.05, 4.69) is 204 Å². The highest BCUT2D eigenvalue weighted by Crippen LogP contribution is 2.51. The molecule has 8 aromatic carbocycles. The third-order valence-electron chi connectivity index (χ3n) is 14.0. The Balaban J connectivity index is 1.13. The van der Waals surface area contributed by atoms with Gasteiger partial charge >= 0.3 is 0 Å². The topological polar surface area (TPSA) is 17.1 Å². The molecular formula is C62H58O. The first-order valence-corrected chi connectivity index (χ1v) is 22.8. The summed E-state index contributed by atoms with van der Waals surface area (Å²) in [5, 5.41) is 0. The number of ketones is 1. The number of aryl methyl sites for hydroxylation is 5. The van der Waals surface area contributed by atoms with Gasteiger partial charge in [-0.05, 0) is 127 Å². The maximum Gasteiger partial charge on any atom is 0.193 e. The average molecular weight is 819 g/mol. The summed E-state index contributed by atoms with van der Waals surface area (Å²) in [5.41, 5.74) is 18.5. The lowest BCUT2D eigenvalue weighted by Gasteiger charge is -2.42. The zero-order chi connectivity index (χ0) is 43.5. The molecule has 9 rings (SSSR count). The first kappa shape index (κ1) is 41.8. The molecule has 0 heterocycles. The van der Waals surface area contributed by atoms with Crippen molar-refractivity contribution in [1.82, 2.24) is 0 Å². The van der Waals surface area contributed by atoms with Gasteiger partial charge in [-0.1, -0.05) is 223 Å². The van der Waals surface area contributed by atoms with Crippen molar-refractivity contribution >= 4 is 5.78 Å². The minimum atomic E-state index is -0.696. The zero-order valence-electron chi connectivity index (χ0n) is 37.4. The Labute approximate surface area is 375 Å². The van der Waals surface area contributed by atoms with Gasteiger partial charge in [0, 0.05) is 11.1 Å². The van der Waals surface area contributed by atoms with Crippen LogP contribution < -0.4 is 0 Å². The van der Waals surface area contributed by atoms with Crippen LogP contribution in [-0.2, 0) is 24.7 Å². The molecule has 0 spiro atoms. The number of hydrogen-bond donors (Lipinski definition) is 0. The van der Waals surface area contributed by atoms with Crippen LogP contribution in [0.2, 0.25) is 0 Å². The summed E-state index contributed by atoms with van der Waals surface area (Å²) in [6.07, 6.45) is 3.96. The van der Waals surface area contributed by atoms with E-state index in [1.807, 2.05) is 24.3 Å². The van der Waals surface area contributed by atoms with Crippen LogP contribution in [0.15, 0.2) is 194 Å². The normalized spacial score (nSPS) is 14.3. The van der Waals surface area contributed by atoms with Crippen LogP contribution in [0.25, 0.3) is 0 Å². The van der Waals surface area contributed by atoms with E-state index < -0.39 is 5.41 Å². The Bertz CT molecular complexity index is 2760. The van der Waals surface area contributed by atoms with Gasteiger partial charge in [-0.25, -0.2) is 0 Å². The molecule has 0 radical (unpaired) electrons. The molecule has 3 unspecified atom stereocenters. The quantitative estimate of drug-likeness (QED) is 0.113. The lowest BCUT2D eigenvalue weighted by Crippen LogP contribution is -2.38. The Kier molecular flexibility index (Phi) is 12.0. The molecule has 0 aromatic heterocycles. The number of benzene rings is 8. The summed E-state index contributed by atoms with van der Waals surface area (Å²) in [6.45, 7) is 11.0. The highest BCUT2D eigenvalue weighted by Gasteiger charge is 2.46. The van der Waals surface area contributed by atoms with Gasteiger partial charge in [0.1, 0.15) is 0 Å². The molecule has 1 nitrogen and oxygen atoms in total. The van der Waals surface area contributed by atoms with Gasteiger partial charge in [-0.3, -0.25) is 4.79 Å². The molecule has 3 atom stereocenters. The van der Waals surface area contributed by atoms with Crippen molar-refractivity contribution < 1.29 is 4.79 Å². The third kappa shape index (κ3) is 8.50. The number of carbonyl (C=O) groups excluding carboxylic acids is 1. The van der Waals surface area contributed by atoms with Crippen molar-refractivity contribution in [2.75, 3.05) is 0 Å². The van der Waals surface area contributed by atoms with Gasteiger partial charge in [-0.2, -0.15) is 0 Å². The number of rotatable bonds is 13. The number of hydrogen-bond acceptors (Lipinski definition) is 1. The monoisotopic (exact) mass is 818 g/mol. The van der Waals surface area contributed by atoms with Gasteiger partial charge in [0.25, 0.3) is 0 Å². The summed E-state index contributed by atoms with van der Waals surface area (Å²) in [5.74, 6) is 1.06. The molecule has 1 heteroatoms. The summed E-state index contributed by atoms with van der Waals surface area (Å²) in [7, 11) is 0. The Hall–Kier alpha value is -6.57. The average Bonchev–Trinajstić information content (AvgIpc) is 3.32. The van der Waals surface area contributed by atoms with Crippen molar-refractivity contribution in [2.24, 2.45) is 0 Å². The largest absolute Gasteiger partial charge is 0.289 e. The molecular weight excluding hydrogens is 761 g/mol. The van der Waals surface area contributed by atoms with E-state index in [-0.39, 0.29) is 5.78 Å². The fourth-order valence-electron chi connectivity index (χ4n) is 10.2. The second-order valence-corrected chi connectivity index (χ2v) is 18.3. The molecule has 0 fully saturated rings. The maximum absolute atomic E-state index is 14.3. The van der Waals surface area contributed by atoms with E-state index in [1.165, 1.54) is 66.8 Å². The molecule has 0 saturated carbocycles. The van der Waals surface area contributed by atoms with Gasteiger partial charge in [0.05, 0.1) is 5.41 Å².